The molecule has 0 saturated carbocycles. The van der Waals surface area contributed by atoms with Crippen molar-refractivity contribution in [3.05, 3.63) is 5.89 Å². The van der Waals surface area contributed by atoms with E-state index in [4.69, 9.17) is 9.15 Å². The molecule has 0 amide bonds. The molecule has 94 valence electrons. The Balaban J connectivity index is 2.05. The van der Waals surface area contributed by atoms with E-state index in [0.29, 0.717) is 17.5 Å². The van der Waals surface area contributed by atoms with Crippen LogP contribution in [-0.2, 0) is 14.9 Å². The third-order valence-electron chi connectivity index (χ3n) is 2.42. The van der Waals surface area contributed by atoms with E-state index in [1.54, 1.807) is 0 Å². The van der Waals surface area contributed by atoms with Crippen molar-refractivity contribution in [1.82, 2.24) is 10.2 Å². The summed E-state index contributed by atoms with van der Waals surface area (Å²) in [5, 5.41) is 8.14. The Morgan fingerprint density at radius 2 is 2.06 bits per heavy atom. The monoisotopic (exact) mass is 256 g/mol. The lowest BCUT2D eigenvalue weighted by Crippen LogP contribution is -2.11. The van der Waals surface area contributed by atoms with Gasteiger partial charge in [0.2, 0.25) is 5.89 Å². The molecule has 1 fully saturated rings. The van der Waals surface area contributed by atoms with Crippen LogP contribution in [0, 0.1) is 0 Å². The average Bonchev–Trinajstić information content (AvgIpc) is 2.74. The van der Waals surface area contributed by atoms with Crippen molar-refractivity contribution < 1.29 is 13.9 Å². The maximum Gasteiger partial charge on any atom is 0.320 e. The van der Waals surface area contributed by atoms with E-state index in [1.165, 1.54) is 11.8 Å². The van der Waals surface area contributed by atoms with Gasteiger partial charge >= 0.3 is 5.97 Å². The lowest BCUT2D eigenvalue weighted by molar-refractivity contribution is -0.140. The zero-order valence-electron chi connectivity index (χ0n) is 10.4. The summed E-state index contributed by atoms with van der Waals surface area (Å²) in [5.74, 6) is 0.387. The molecule has 1 aliphatic heterocycles. The fraction of sp³-hybridized carbons (Fsp3) is 0.727. The fourth-order valence-corrected chi connectivity index (χ4v) is 2.48. The van der Waals surface area contributed by atoms with Gasteiger partial charge < -0.3 is 9.15 Å². The summed E-state index contributed by atoms with van der Waals surface area (Å²) in [7, 11) is 0. The topological polar surface area (TPSA) is 65.2 Å². The van der Waals surface area contributed by atoms with E-state index in [9.17, 15) is 4.79 Å². The van der Waals surface area contributed by atoms with Gasteiger partial charge in [0, 0.05) is 11.8 Å². The van der Waals surface area contributed by atoms with Gasteiger partial charge in [0.05, 0.1) is 0 Å². The molecule has 0 aliphatic carbocycles. The molecule has 0 N–H and O–H groups in total. The number of esters is 1. The van der Waals surface area contributed by atoms with Gasteiger partial charge in [0.25, 0.3) is 5.22 Å². The SMILES string of the molecule is C[C@@H]1C[C@H](Sc2nnc(C(C)(C)C)o2)C(=O)O1. The molecule has 6 heteroatoms. The normalized spacial score (nSPS) is 25.1. The predicted octanol–water partition coefficient (Wildman–Crippen LogP) is 2.16. The van der Waals surface area contributed by atoms with Gasteiger partial charge in [0.1, 0.15) is 11.4 Å². The molecule has 1 saturated heterocycles. The van der Waals surface area contributed by atoms with Crippen LogP contribution in [0.25, 0.3) is 0 Å². The third-order valence-corrected chi connectivity index (χ3v) is 3.45. The van der Waals surface area contributed by atoms with Gasteiger partial charge in [0.15, 0.2) is 0 Å². The molecule has 2 rings (SSSR count). The number of ether oxygens (including phenoxy) is 1. The highest BCUT2D eigenvalue weighted by Crippen LogP contribution is 2.32. The maximum atomic E-state index is 11.5. The van der Waals surface area contributed by atoms with Crippen molar-refractivity contribution in [2.75, 3.05) is 0 Å². The fourth-order valence-electron chi connectivity index (χ4n) is 1.50. The summed E-state index contributed by atoms with van der Waals surface area (Å²) in [6.07, 6.45) is 0.668. The van der Waals surface area contributed by atoms with Gasteiger partial charge in [-0.05, 0) is 18.7 Å². The van der Waals surface area contributed by atoms with Crippen molar-refractivity contribution in [2.24, 2.45) is 0 Å². The Hall–Kier alpha value is -1.04. The van der Waals surface area contributed by atoms with Crippen molar-refractivity contribution in [3.63, 3.8) is 0 Å². The zero-order valence-corrected chi connectivity index (χ0v) is 11.2. The number of carbonyl (C=O) groups is 1. The van der Waals surface area contributed by atoms with Crippen LogP contribution in [0.2, 0.25) is 0 Å². The lowest BCUT2D eigenvalue weighted by Gasteiger charge is -2.10. The summed E-state index contributed by atoms with van der Waals surface area (Å²) in [4.78, 5) is 11.5. The van der Waals surface area contributed by atoms with Crippen LogP contribution < -0.4 is 0 Å². The summed E-state index contributed by atoms with van der Waals surface area (Å²) in [6.45, 7) is 7.88. The Morgan fingerprint density at radius 1 is 1.35 bits per heavy atom. The Labute approximate surface area is 104 Å². The van der Waals surface area contributed by atoms with Crippen LogP contribution in [0.1, 0.15) is 40.0 Å². The number of cyclic esters (lactones) is 1. The number of hydrogen-bond acceptors (Lipinski definition) is 6. The summed E-state index contributed by atoms with van der Waals surface area (Å²) in [5.41, 5.74) is -0.171. The number of hydrogen-bond donors (Lipinski definition) is 0. The van der Waals surface area contributed by atoms with Crippen LogP contribution >= 0.6 is 11.8 Å². The number of thioether (sulfide) groups is 1. The Bertz CT molecular complexity index is 425. The van der Waals surface area contributed by atoms with Crippen LogP contribution in [0.3, 0.4) is 0 Å². The molecule has 1 aromatic heterocycles. The average molecular weight is 256 g/mol. The zero-order chi connectivity index (χ0) is 12.6. The van der Waals surface area contributed by atoms with E-state index < -0.39 is 0 Å². The second-order valence-electron chi connectivity index (χ2n) is 5.21. The van der Waals surface area contributed by atoms with Gasteiger partial charge in [-0.2, -0.15) is 0 Å². The van der Waals surface area contributed by atoms with Gasteiger partial charge in [-0.15, -0.1) is 10.2 Å². The minimum Gasteiger partial charge on any atom is -0.462 e. The van der Waals surface area contributed by atoms with Crippen LogP contribution in [0.5, 0.6) is 0 Å². The summed E-state index contributed by atoms with van der Waals surface area (Å²) < 4.78 is 10.6. The quantitative estimate of drug-likeness (QED) is 0.755. The number of aromatic nitrogens is 2. The van der Waals surface area contributed by atoms with Crippen LogP contribution in [-0.4, -0.2) is 27.5 Å². The smallest absolute Gasteiger partial charge is 0.320 e. The highest BCUT2D eigenvalue weighted by Gasteiger charge is 2.34. The molecule has 5 nitrogen and oxygen atoms in total. The van der Waals surface area contributed by atoms with E-state index in [-0.39, 0.29) is 22.7 Å². The first-order valence-corrected chi connectivity index (χ1v) is 6.45. The van der Waals surface area contributed by atoms with E-state index >= 15 is 0 Å². The first kappa shape index (κ1) is 12.4. The molecule has 0 radical (unpaired) electrons. The standard InChI is InChI=1S/C11H16N2O3S/c1-6-5-7(8(14)15-6)17-10-13-12-9(16-10)11(2,3)4/h6-7H,5H2,1-4H3/t6-,7+/m1/s1. The van der Waals surface area contributed by atoms with E-state index in [0.717, 1.165) is 0 Å². The minimum absolute atomic E-state index is 0.0231. The summed E-state index contributed by atoms with van der Waals surface area (Å²) >= 11 is 1.29. The van der Waals surface area contributed by atoms with Gasteiger partial charge in [-0.1, -0.05) is 20.8 Å². The molecular weight excluding hydrogens is 240 g/mol. The van der Waals surface area contributed by atoms with Crippen LogP contribution in [0.4, 0.5) is 0 Å². The van der Waals surface area contributed by atoms with Crippen molar-refractivity contribution in [3.8, 4) is 0 Å². The Morgan fingerprint density at radius 3 is 2.53 bits per heavy atom. The molecule has 1 aliphatic rings. The molecule has 17 heavy (non-hydrogen) atoms. The molecule has 0 aromatic carbocycles. The van der Waals surface area contributed by atoms with E-state index in [2.05, 4.69) is 10.2 Å². The van der Waals surface area contributed by atoms with Crippen molar-refractivity contribution in [1.29, 1.82) is 0 Å². The number of carbonyl (C=O) groups excluding carboxylic acids is 1. The molecule has 0 spiro atoms. The van der Waals surface area contributed by atoms with Crippen molar-refractivity contribution >= 4 is 17.7 Å². The number of nitrogens with zero attached hydrogens (tertiary/aromatic N) is 2. The molecule has 1 aromatic rings. The second-order valence-corrected chi connectivity index (χ2v) is 6.37. The van der Waals surface area contributed by atoms with E-state index in [1.807, 2.05) is 27.7 Å². The molecular formula is C11H16N2O3S. The molecule has 0 bridgehead atoms. The highest BCUT2D eigenvalue weighted by atomic mass is 32.2. The van der Waals surface area contributed by atoms with Crippen LogP contribution in [0.15, 0.2) is 9.64 Å². The molecule has 0 unspecified atom stereocenters. The highest BCUT2D eigenvalue weighted by molar-refractivity contribution is 8.00. The number of rotatable bonds is 2. The lowest BCUT2D eigenvalue weighted by atomic mass is 9.97. The minimum atomic E-state index is -0.224. The molecule has 2 heterocycles. The Kier molecular flexibility index (Phi) is 3.16. The first-order valence-electron chi connectivity index (χ1n) is 5.57. The maximum absolute atomic E-state index is 11.5. The first-order chi connectivity index (χ1) is 7.86. The van der Waals surface area contributed by atoms with Gasteiger partial charge in [-0.3, -0.25) is 4.79 Å². The predicted molar refractivity (Wildman–Crippen MR) is 62.8 cm³/mol. The summed E-state index contributed by atoms with van der Waals surface area (Å²) in [6, 6.07) is 0. The largest absolute Gasteiger partial charge is 0.462 e. The van der Waals surface area contributed by atoms with Gasteiger partial charge in [-0.25, -0.2) is 0 Å². The second kappa shape index (κ2) is 4.33. The molecule has 2 atom stereocenters. The van der Waals surface area contributed by atoms with Crippen molar-refractivity contribution in [2.45, 2.75) is 56.1 Å². The third kappa shape index (κ3) is 2.80.